The van der Waals surface area contributed by atoms with E-state index in [1.165, 1.54) is 38.1 Å². The number of allylic oxidation sites excluding steroid dienone is 1. The van der Waals surface area contributed by atoms with Crippen LogP contribution in [0.2, 0.25) is 0 Å². The zero-order chi connectivity index (χ0) is 25.7. The minimum absolute atomic E-state index is 0.0469. The predicted octanol–water partition coefficient (Wildman–Crippen LogP) is 4.97. The molecule has 0 saturated carbocycles. The zero-order valence-corrected chi connectivity index (χ0v) is 22.2. The van der Waals surface area contributed by atoms with Gasteiger partial charge in [-0.3, -0.25) is 9.59 Å². The van der Waals surface area contributed by atoms with Gasteiger partial charge in [-0.25, -0.2) is 9.79 Å². The van der Waals surface area contributed by atoms with Gasteiger partial charge in [0, 0.05) is 11.3 Å². The molecule has 2 rings (SSSR count). The van der Waals surface area contributed by atoms with Crippen molar-refractivity contribution in [2.45, 2.75) is 62.7 Å². The Balaban J connectivity index is 2.65. The SMILES string of the molecule is COC(=O)C(CC1(C(Cl)C=CC(=O)OC(C)(C)C)C(SC(C)C)=Nc2ccccc21)C(=O)OC. The molecule has 1 aromatic rings. The fourth-order valence-corrected chi connectivity index (χ4v) is 5.31. The Morgan fingerprint density at radius 2 is 1.71 bits per heavy atom. The first-order valence-corrected chi connectivity index (χ1v) is 12.2. The summed E-state index contributed by atoms with van der Waals surface area (Å²) in [6.07, 6.45) is 2.75. The molecule has 0 radical (unpaired) electrons. The molecule has 9 heteroatoms. The molecule has 7 nitrogen and oxygen atoms in total. The van der Waals surface area contributed by atoms with Crippen molar-refractivity contribution in [3.05, 3.63) is 42.0 Å². The summed E-state index contributed by atoms with van der Waals surface area (Å²) in [5, 5.41) is -0.0540. The van der Waals surface area contributed by atoms with Gasteiger partial charge in [0.05, 0.1) is 35.7 Å². The van der Waals surface area contributed by atoms with Crippen LogP contribution in [0.25, 0.3) is 0 Å². The lowest BCUT2D eigenvalue weighted by Crippen LogP contribution is -2.45. The zero-order valence-electron chi connectivity index (χ0n) is 20.6. The van der Waals surface area contributed by atoms with Crippen LogP contribution in [0, 0.1) is 5.92 Å². The lowest BCUT2D eigenvalue weighted by atomic mass is 9.72. The summed E-state index contributed by atoms with van der Waals surface area (Å²) in [4.78, 5) is 42.4. The Labute approximate surface area is 210 Å². The summed E-state index contributed by atoms with van der Waals surface area (Å²) in [7, 11) is 2.43. The predicted molar refractivity (Wildman–Crippen MR) is 135 cm³/mol. The third-order valence-corrected chi connectivity index (χ3v) is 6.78. The summed E-state index contributed by atoms with van der Waals surface area (Å²) in [6, 6.07) is 7.42. The molecule has 2 unspecified atom stereocenters. The number of para-hydroxylation sites is 1. The maximum absolute atomic E-state index is 12.6. The van der Waals surface area contributed by atoms with Crippen LogP contribution in [0.15, 0.2) is 41.4 Å². The van der Waals surface area contributed by atoms with E-state index >= 15 is 0 Å². The molecule has 186 valence electrons. The van der Waals surface area contributed by atoms with E-state index in [0.717, 1.165) is 5.56 Å². The fourth-order valence-electron chi connectivity index (χ4n) is 3.74. The lowest BCUT2D eigenvalue weighted by molar-refractivity contribution is -0.159. The second-order valence-electron chi connectivity index (χ2n) is 9.17. The number of fused-ring (bicyclic) bond motifs is 1. The van der Waals surface area contributed by atoms with Crippen LogP contribution in [0.3, 0.4) is 0 Å². The summed E-state index contributed by atoms with van der Waals surface area (Å²) in [6.45, 7) is 9.34. The second-order valence-corrected chi connectivity index (χ2v) is 11.2. The van der Waals surface area contributed by atoms with Crippen LogP contribution in [0.1, 0.15) is 46.6 Å². The number of benzene rings is 1. The molecule has 0 aromatic heterocycles. The number of thioether (sulfide) groups is 1. The number of aliphatic imine (C=N–C) groups is 1. The van der Waals surface area contributed by atoms with Crippen LogP contribution >= 0.6 is 23.4 Å². The van der Waals surface area contributed by atoms with Gasteiger partial charge in [0.15, 0.2) is 5.92 Å². The largest absolute Gasteiger partial charge is 0.468 e. The standard InChI is InChI=1S/C25H32ClNO6S/c1-15(2)34-23-25(17-10-8-9-11-18(17)27-23,14-16(21(29)31-6)22(30)32-7)19(26)12-13-20(28)33-24(3,4)5/h8-13,15-16,19H,14H2,1-7H3. The van der Waals surface area contributed by atoms with E-state index in [4.69, 9.17) is 30.8 Å². The first-order chi connectivity index (χ1) is 15.9. The first-order valence-electron chi connectivity index (χ1n) is 10.9. The molecule has 1 aliphatic rings. The van der Waals surface area contributed by atoms with E-state index in [0.29, 0.717) is 10.7 Å². The minimum atomic E-state index is -1.24. The Hall–Kier alpha value is -2.32. The molecule has 1 aliphatic heterocycles. The topological polar surface area (TPSA) is 91.3 Å². The maximum Gasteiger partial charge on any atom is 0.330 e. The second kappa shape index (κ2) is 11.4. The van der Waals surface area contributed by atoms with Gasteiger partial charge in [0.25, 0.3) is 0 Å². The fraction of sp³-hybridized carbons (Fsp3) is 0.520. The highest BCUT2D eigenvalue weighted by molar-refractivity contribution is 8.14. The lowest BCUT2D eigenvalue weighted by Gasteiger charge is -2.37. The maximum atomic E-state index is 12.6. The Kier molecular flexibility index (Phi) is 9.37. The van der Waals surface area contributed by atoms with Gasteiger partial charge in [0.2, 0.25) is 0 Å². The van der Waals surface area contributed by atoms with E-state index in [1.54, 1.807) is 20.8 Å². The van der Waals surface area contributed by atoms with Crippen LogP contribution < -0.4 is 0 Å². The number of hydrogen-bond donors (Lipinski definition) is 0. The van der Waals surface area contributed by atoms with Crippen molar-refractivity contribution in [3.63, 3.8) is 0 Å². The average Bonchev–Trinajstić information content (AvgIpc) is 3.06. The first kappa shape index (κ1) is 27.9. The van der Waals surface area contributed by atoms with Gasteiger partial charge in [-0.05, 0) is 38.8 Å². The van der Waals surface area contributed by atoms with E-state index in [9.17, 15) is 14.4 Å². The van der Waals surface area contributed by atoms with Crippen LogP contribution in [0.5, 0.6) is 0 Å². The molecule has 0 spiro atoms. The van der Waals surface area contributed by atoms with Crippen molar-refractivity contribution in [3.8, 4) is 0 Å². The van der Waals surface area contributed by atoms with Crippen LogP contribution in [-0.4, -0.2) is 53.4 Å². The molecular formula is C25H32ClNO6S. The van der Waals surface area contributed by atoms with Gasteiger partial charge in [-0.15, -0.1) is 23.4 Å². The molecule has 0 N–H and O–H groups in total. The number of carbonyl (C=O) groups is 3. The van der Waals surface area contributed by atoms with Crippen molar-refractivity contribution in [1.82, 2.24) is 0 Å². The third kappa shape index (κ3) is 6.42. The molecule has 0 fully saturated rings. The van der Waals surface area contributed by atoms with Gasteiger partial charge < -0.3 is 14.2 Å². The number of hydrogen-bond acceptors (Lipinski definition) is 8. The van der Waals surface area contributed by atoms with Crippen molar-refractivity contribution < 1.29 is 28.6 Å². The van der Waals surface area contributed by atoms with Gasteiger partial charge in [-0.1, -0.05) is 38.1 Å². The molecule has 2 atom stereocenters. The quantitative estimate of drug-likeness (QED) is 0.161. The third-order valence-electron chi connectivity index (χ3n) is 5.11. The van der Waals surface area contributed by atoms with Crippen molar-refractivity contribution in [1.29, 1.82) is 0 Å². The monoisotopic (exact) mass is 509 g/mol. The number of alkyl halides is 1. The van der Waals surface area contributed by atoms with E-state index in [2.05, 4.69) is 0 Å². The van der Waals surface area contributed by atoms with E-state index in [-0.39, 0.29) is 11.7 Å². The molecule has 0 amide bonds. The average molecular weight is 510 g/mol. The molecule has 1 aromatic carbocycles. The van der Waals surface area contributed by atoms with Crippen LogP contribution in [-0.2, 0) is 34.0 Å². The van der Waals surface area contributed by atoms with Crippen LogP contribution in [0.4, 0.5) is 5.69 Å². The Morgan fingerprint density at radius 1 is 1.12 bits per heavy atom. The van der Waals surface area contributed by atoms with Gasteiger partial charge in [0.1, 0.15) is 5.60 Å². The van der Waals surface area contributed by atoms with E-state index < -0.39 is 40.2 Å². The van der Waals surface area contributed by atoms with E-state index in [1.807, 2.05) is 38.1 Å². The Morgan fingerprint density at radius 3 is 2.24 bits per heavy atom. The number of methoxy groups -OCH3 is 2. The highest BCUT2D eigenvalue weighted by Gasteiger charge is 2.52. The van der Waals surface area contributed by atoms with Crippen molar-refractivity contribution in [2.24, 2.45) is 10.9 Å². The summed E-state index contributed by atoms with van der Waals surface area (Å²) in [5.41, 5.74) is -0.305. The number of halogens is 1. The molecule has 0 aliphatic carbocycles. The smallest absolute Gasteiger partial charge is 0.330 e. The number of esters is 3. The van der Waals surface area contributed by atoms with Gasteiger partial charge >= 0.3 is 17.9 Å². The highest BCUT2D eigenvalue weighted by Crippen LogP contribution is 2.52. The van der Waals surface area contributed by atoms with Gasteiger partial charge in [-0.2, -0.15) is 0 Å². The number of nitrogens with zero attached hydrogens (tertiary/aromatic N) is 1. The molecule has 0 saturated heterocycles. The molecule has 0 bridgehead atoms. The molecular weight excluding hydrogens is 478 g/mol. The number of carbonyl (C=O) groups excluding carboxylic acids is 3. The normalized spacial score (nSPS) is 18.6. The molecule has 34 heavy (non-hydrogen) atoms. The molecule has 1 heterocycles. The minimum Gasteiger partial charge on any atom is -0.468 e. The number of rotatable bonds is 8. The summed E-state index contributed by atoms with van der Waals surface area (Å²) in [5.74, 6) is -3.25. The Bertz CT molecular complexity index is 968. The summed E-state index contributed by atoms with van der Waals surface area (Å²) >= 11 is 8.50. The van der Waals surface area contributed by atoms with Crippen molar-refractivity contribution >= 4 is 52.0 Å². The summed E-state index contributed by atoms with van der Waals surface area (Å²) < 4.78 is 15.2. The van der Waals surface area contributed by atoms with Crippen molar-refractivity contribution in [2.75, 3.05) is 14.2 Å². The number of ether oxygens (including phenoxy) is 3. The highest BCUT2D eigenvalue weighted by atomic mass is 35.5.